The van der Waals surface area contributed by atoms with E-state index in [1.54, 1.807) is 50.3 Å². The summed E-state index contributed by atoms with van der Waals surface area (Å²) in [6.45, 7) is 10.7. The molecular weight excluding hydrogens is 974 g/mol. The summed E-state index contributed by atoms with van der Waals surface area (Å²) in [5, 5.41) is 3.22. The van der Waals surface area contributed by atoms with Crippen LogP contribution >= 0.6 is 0 Å². The monoisotopic (exact) mass is 1040 g/mol. The van der Waals surface area contributed by atoms with Crippen LogP contribution in [0.3, 0.4) is 0 Å². The molecule has 0 N–H and O–H groups in total. The molecule has 0 amide bonds. The first-order valence-electron chi connectivity index (χ1n) is 27.9. The number of allylic oxidation sites excluding steroid dienone is 1. The van der Waals surface area contributed by atoms with E-state index in [2.05, 4.69) is 31.9 Å². The van der Waals surface area contributed by atoms with Crippen LogP contribution in [0.2, 0.25) is 0 Å². The Hall–Kier alpha value is -5.63. The molecule has 76 heavy (non-hydrogen) atoms. The molecule has 0 radical (unpaired) electrons. The lowest BCUT2D eigenvalue weighted by atomic mass is 9.54. The van der Waals surface area contributed by atoms with Crippen molar-refractivity contribution >= 4 is 72.0 Å². The van der Waals surface area contributed by atoms with Gasteiger partial charge in [0.25, 0.3) is 0 Å². The number of carbonyl (C=O) groups is 2. The van der Waals surface area contributed by atoms with Crippen LogP contribution in [0.1, 0.15) is 204 Å². The van der Waals surface area contributed by atoms with Crippen LogP contribution in [-0.2, 0) is 28.2 Å². The fourth-order valence-corrected chi connectivity index (χ4v) is 17.8. The summed E-state index contributed by atoms with van der Waals surface area (Å²) in [5.41, 5.74) is 2.80. The fraction of sp³-hybridized carbons (Fsp3) is 0.508. The van der Waals surface area contributed by atoms with E-state index in [1.165, 1.54) is 0 Å². The minimum Gasteiger partial charge on any atom is -0.335 e. The Morgan fingerprint density at radius 2 is 1.09 bits per heavy atom. The summed E-state index contributed by atoms with van der Waals surface area (Å²) in [6.07, 6.45) is 8.07. The first kappa shape index (κ1) is 48.7. The van der Waals surface area contributed by atoms with Gasteiger partial charge in [0.1, 0.15) is 0 Å². The van der Waals surface area contributed by atoms with Crippen LogP contribution < -0.4 is 0 Å². The highest BCUT2D eigenvalue weighted by atomic mass is 19.4. The molecule has 3 aromatic heterocycles. The lowest BCUT2D eigenvalue weighted by Crippen LogP contribution is -2.45. The largest absolute Gasteiger partial charge is 0.389 e. The number of halogens is 7. The van der Waals surface area contributed by atoms with Gasteiger partial charge in [0, 0.05) is 60.0 Å². The SMILES string of the molecule is C#Cc1c(/C(F)=C2\Cn3c4cc5c(cc4c4cc(C(C)(C)CC(F)(F)F)cc2c43)C2(C)CCC3(CCCCC3C2)C5=O)n2c3cc4c(cc3c3cc(C(C)(C)CC(F)(F)F)cc1c32)C1(C)CCC2(CCCCC2C1)C4=O. The zero-order valence-corrected chi connectivity index (χ0v) is 44.2. The van der Waals surface area contributed by atoms with Crippen molar-refractivity contribution in [2.45, 2.75) is 185 Å². The summed E-state index contributed by atoms with van der Waals surface area (Å²) >= 11 is 0. The Kier molecular flexibility index (Phi) is 9.70. The number of Topliss-reactive ketones (excluding diaryl/α,β-unsaturated/α-hetero) is 2. The van der Waals surface area contributed by atoms with E-state index in [-0.39, 0.29) is 57.6 Å². The number of nitrogens with zero attached hydrogens (tertiary/aromatic N) is 2. The molecule has 4 nitrogen and oxygen atoms in total. The highest BCUT2D eigenvalue weighted by Crippen LogP contribution is 2.64. The Morgan fingerprint density at radius 1 is 0.605 bits per heavy atom. The van der Waals surface area contributed by atoms with E-state index in [0.29, 0.717) is 71.4 Å². The average molecular weight is 1040 g/mol. The maximum atomic E-state index is 19.2. The zero-order chi connectivity index (χ0) is 53.4. The van der Waals surface area contributed by atoms with E-state index in [1.807, 2.05) is 22.8 Å². The molecule has 4 saturated carbocycles. The molecule has 7 aromatic rings. The molecule has 4 bridgehead atoms. The number of terminal acetylenes is 1. The summed E-state index contributed by atoms with van der Waals surface area (Å²) < 4.78 is 110. The normalized spacial score (nSPS) is 29.1. The van der Waals surface area contributed by atoms with Gasteiger partial charge >= 0.3 is 12.4 Å². The van der Waals surface area contributed by atoms with E-state index in [9.17, 15) is 26.3 Å². The van der Waals surface area contributed by atoms with Crippen molar-refractivity contribution in [3.8, 4) is 12.3 Å². The maximum absolute atomic E-state index is 19.2. The molecule has 8 aliphatic carbocycles. The van der Waals surface area contributed by atoms with Gasteiger partial charge in [-0.15, -0.1) is 6.42 Å². The van der Waals surface area contributed by atoms with Crippen molar-refractivity contribution in [1.82, 2.24) is 8.97 Å². The summed E-state index contributed by atoms with van der Waals surface area (Å²) in [5.74, 6) is 2.86. The van der Waals surface area contributed by atoms with Gasteiger partial charge in [-0.1, -0.05) is 73.1 Å². The molecule has 16 rings (SSSR count). The van der Waals surface area contributed by atoms with E-state index in [4.69, 9.17) is 6.42 Å². The van der Waals surface area contributed by atoms with Crippen LogP contribution in [-0.4, -0.2) is 32.9 Å². The molecule has 1 aliphatic heterocycles. The molecular formula is C65H63F7N2O2. The first-order valence-corrected chi connectivity index (χ1v) is 27.9. The molecule has 4 heterocycles. The Bertz CT molecular complexity index is 3870. The molecule has 4 fully saturated rings. The minimum absolute atomic E-state index is 0.0151. The zero-order valence-electron chi connectivity index (χ0n) is 44.2. The highest BCUT2D eigenvalue weighted by Gasteiger charge is 2.59. The molecule has 4 aromatic carbocycles. The number of hydrogen-bond acceptors (Lipinski definition) is 2. The van der Waals surface area contributed by atoms with Gasteiger partial charge in [0.15, 0.2) is 17.4 Å². The van der Waals surface area contributed by atoms with Gasteiger partial charge in [0.05, 0.1) is 52.7 Å². The van der Waals surface area contributed by atoms with Crippen LogP contribution in [0.15, 0.2) is 48.5 Å². The van der Waals surface area contributed by atoms with Crippen molar-refractivity contribution < 1.29 is 40.3 Å². The standard InChI is InChI=1S/C65H63F7N2O2/c1-8-38-41-21-36(58(2,3)32-64(67,68)69)23-43-40-26-49-46(57(76)63-16-12-10-14-35(63)30-61(49,7)18-20-63)28-51(40)74(54(41)43)55(38)52(66)47-31-73-50-27-45-48(60(6)17-19-62(56(45)75)15-11-9-13-34(62)29-60)25-39(50)42-22-37(24-44(47)53(42)73)59(4,5)33-65(70,71)72/h1,21-28,34-35H,9-20,29-33H2,2-7H3/b52-47-. The van der Waals surface area contributed by atoms with Crippen molar-refractivity contribution in [2.24, 2.45) is 22.7 Å². The summed E-state index contributed by atoms with van der Waals surface area (Å²) in [6, 6.07) is 15.1. The molecule has 6 unspecified atom stereocenters. The third-order valence-electron chi connectivity index (χ3n) is 21.7. The third-order valence-corrected chi connectivity index (χ3v) is 21.7. The fourth-order valence-electron chi connectivity index (χ4n) is 17.8. The average Bonchev–Trinajstić information content (AvgIpc) is 4.16. The predicted octanol–water partition coefficient (Wildman–Crippen LogP) is 17.7. The van der Waals surface area contributed by atoms with Crippen LogP contribution in [0, 0.1) is 35.0 Å². The molecule has 11 heteroatoms. The highest BCUT2D eigenvalue weighted by molar-refractivity contribution is 6.21. The first-order chi connectivity index (χ1) is 35.7. The maximum Gasteiger partial charge on any atom is 0.389 e. The number of hydrogen-bond donors (Lipinski definition) is 0. The lowest BCUT2D eigenvalue weighted by molar-refractivity contribution is -0.146. The van der Waals surface area contributed by atoms with Gasteiger partial charge in [-0.2, -0.15) is 26.3 Å². The Balaban J connectivity index is 1.06. The van der Waals surface area contributed by atoms with Crippen LogP contribution in [0.4, 0.5) is 30.7 Å². The topological polar surface area (TPSA) is 43.5 Å². The number of fused-ring (bicyclic) bond motifs is 8. The number of aromatic nitrogens is 2. The molecule has 6 atom stereocenters. The van der Waals surface area contributed by atoms with E-state index >= 15 is 14.0 Å². The van der Waals surface area contributed by atoms with Gasteiger partial charge in [-0.3, -0.25) is 9.59 Å². The number of benzene rings is 4. The molecule has 2 spiro atoms. The van der Waals surface area contributed by atoms with Crippen LogP contribution in [0.5, 0.6) is 0 Å². The van der Waals surface area contributed by atoms with Crippen molar-refractivity contribution in [3.05, 3.63) is 98.7 Å². The van der Waals surface area contributed by atoms with Gasteiger partial charge < -0.3 is 8.97 Å². The summed E-state index contributed by atoms with van der Waals surface area (Å²) in [7, 11) is 0. The van der Waals surface area contributed by atoms with Crippen LogP contribution in [0.25, 0.3) is 60.4 Å². The molecule has 0 saturated heterocycles. The van der Waals surface area contributed by atoms with Gasteiger partial charge in [-0.05, 0) is 168 Å². The van der Waals surface area contributed by atoms with Crippen molar-refractivity contribution in [3.63, 3.8) is 0 Å². The Morgan fingerprint density at radius 3 is 1.62 bits per heavy atom. The minimum atomic E-state index is -4.51. The van der Waals surface area contributed by atoms with Crippen molar-refractivity contribution in [2.75, 3.05) is 0 Å². The second-order valence-corrected chi connectivity index (χ2v) is 27.0. The second-order valence-electron chi connectivity index (χ2n) is 27.0. The predicted molar refractivity (Wildman–Crippen MR) is 286 cm³/mol. The molecule has 394 valence electrons. The number of alkyl halides is 6. The number of ketones is 2. The third kappa shape index (κ3) is 6.39. The van der Waals surface area contributed by atoms with Crippen molar-refractivity contribution in [1.29, 1.82) is 0 Å². The smallest absolute Gasteiger partial charge is 0.335 e. The lowest BCUT2D eigenvalue weighted by Gasteiger charge is -2.49. The summed E-state index contributed by atoms with van der Waals surface area (Å²) in [4.78, 5) is 30.6. The van der Waals surface area contributed by atoms with E-state index < -0.39 is 52.7 Å². The quantitative estimate of drug-likeness (QED) is 0.127. The van der Waals surface area contributed by atoms with Gasteiger partial charge in [0.2, 0.25) is 0 Å². The Labute approximate surface area is 438 Å². The second kappa shape index (κ2) is 15.1. The number of rotatable bonds is 5. The molecule has 9 aliphatic rings. The van der Waals surface area contributed by atoms with Gasteiger partial charge in [-0.25, -0.2) is 4.39 Å². The van der Waals surface area contributed by atoms with E-state index in [0.717, 1.165) is 106 Å². The number of carbonyl (C=O) groups excluding carboxylic acids is 2.